The summed E-state index contributed by atoms with van der Waals surface area (Å²) in [5.41, 5.74) is 0.922. The highest BCUT2D eigenvalue weighted by Crippen LogP contribution is 2.22. The third-order valence-electron chi connectivity index (χ3n) is 4.88. The number of ether oxygens (including phenoxy) is 1. The molecule has 1 atom stereocenters. The Morgan fingerprint density at radius 2 is 1.94 bits per heavy atom. The predicted octanol–water partition coefficient (Wildman–Crippen LogP) is 5.16. The lowest BCUT2D eigenvalue weighted by Gasteiger charge is -2.29. The van der Waals surface area contributed by atoms with Crippen molar-refractivity contribution < 1.29 is 14.3 Å². The summed E-state index contributed by atoms with van der Waals surface area (Å²) >= 11 is 7.53. The van der Waals surface area contributed by atoms with Gasteiger partial charge in [-0.25, -0.2) is 0 Å². The molecule has 1 unspecified atom stereocenters. The van der Waals surface area contributed by atoms with E-state index in [0.29, 0.717) is 30.3 Å². The maximum atomic E-state index is 13.1. The molecular formula is C24H31ClN2O3S. The molecule has 0 aliphatic rings. The zero-order valence-corrected chi connectivity index (χ0v) is 20.0. The topological polar surface area (TPSA) is 58.6 Å². The largest absolute Gasteiger partial charge is 0.497 e. The number of hydrogen-bond donors (Lipinski definition) is 1. The first-order chi connectivity index (χ1) is 14.9. The van der Waals surface area contributed by atoms with E-state index in [4.69, 9.17) is 16.3 Å². The number of benzene rings is 2. The van der Waals surface area contributed by atoms with Crippen LogP contribution >= 0.6 is 23.4 Å². The summed E-state index contributed by atoms with van der Waals surface area (Å²) in [6.45, 7) is 4.83. The number of carbonyl (C=O) groups excluding carboxylic acids is 2. The third kappa shape index (κ3) is 8.46. The average Bonchev–Trinajstić information content (AvgIpc) is 2.78. The summed E-state index contributed by atoms with van der Waals surface area (Å²) in [4.78, 5) is 28.5. The quantitative estimate of drug-likeness (QED) is 0.349. The van der Waals surface area contributed by atoms with Crippen LogP contribution < -0.4 is 10.1 Å². The number of amides is 2. The number of nitrogens with zero attached hydrogens (tertiary/aromatic N) is 1. The maximum Gasteiger partial charge on any atom is 0.242 e. The molecule has 0 radical (unpaired) electrons. The van der Waals surface area contributed by atoms with Crippen molar-refractivity contribution in [1.82, 2.24) is 10.2 Å². The highest BCUT2D eigenvalue weighted by atomic mass is 35.5. The maximum absolute atomic E-state index is 13.1. The number of carbonyl (C=O) groups is 2. The number of halogens is 1. The molecule has 0 saturated heterocycles. The first-order valence-electron chi connectivity index (χ1n) is 10.5. The Labute approximate surface area is 194 Å². The van der Waals surface area contributed by atoms with Crippen LogP contribution in [0.3, 0.4) is 0 Å². The Hall–Kier alpha value is -2.18. The van der Waals surface area contributed by atoms with Crippen molar-refractivity contribution in [3.63, 3.8) is 0 Å². The van der Waals surface area contributed by atoms with Crippen molar-refractivity contribution in [2.24, 2.45) is 0 Å². The molecule has 31 heavy (non-hydrogen) atoms. The van der Waals surface area contributed by atoms with E-state index in [-0.39, 0.29) is 11.8 Å². The molecule has 0 saturated carbocycles. The molecule has 2 aromatic rings. The van der Waals surface area contributed by atoms with Crippen LogP contribution in [0.1, 0.15) is 38.7 Å². The SMILES string of the molecule is CCCCNC(=O)C(C)N(Cc1cccc(OC)c1)C(=O)CCSc1ccc(Cl)cc1. The Morgan fingerprint density at radius 1 is 1.19 bits per heavy atom. The summed E-state index contributed by atoms with van der Waals surface area (Å²) in [6, 6.07) is 14.6. The monoisotopic (exact) mass is 462 g/mol. The lowest BCUT2D eigenvalue weighted by molar-refractivity contribution is -0.140. The van der Waals surface area contributed by atoms with Gasteiger partial charge in [-0.3, -0.25) is 9.59 Å². The number of thioether (sulfide) groups is 1. The minimum atomic E-state index is -0.559. The lowest BCUT2D eigenvalue weighted by atomic mass is 10.1. The molecule has 0 bridgehead atoms. The zero-order chi connectivity index (χ0) is 22.6. The van der Waals surface area contributed by atoms with Gasteiger partial charge in [0.1, 0.15) is 11.8 Å². The highest BCUT2D eigenvalue weighted by molar-refractivity contribution is 7.99. The van der Waals surface area contributed by atoms with Gasteiger partial charge in [-0.05, 0) is 55.3 Å². The fourth-order valence-corrected chi connectivity index (χ4v) is 3.98. The van der Waals surface area contributed by atoms with Crippen molar-refractivity contribution in [2.75, 3.05) is 19.4 Å². The lowest BCUT2D eigenvalue weighted by Crippen LogP contribution is -2.47. The Bertz CT molecular complexity index is 845. The molecule has 0 heterocycles. The molecule has 168 valence electrons. The summed E-state index contributed by atoms with van der Waals surface area (Å²) < 4.78 is 5.30. The van der Waals surface area contributed by atoms with E-state index >= 15 is 0 Å². The van der Waals surface area contributed by atoms with Crippen LogP contribution in [0.5, 0.6) is 5.75 Å². The van der Waals surface area contributed by atoms with Gasteiger partial charge in [0.2, 0.25) is 11.8 Å². The van der Waals surface area contributed by atoms with Crippen molar-refractivity contribution in [3.8, 4) is 5.75 Å². The summed E-state index contributed by atoms with van der Waals surface area (Å²) in [7, 11) is 1.61. The van der Waals surface area contributed by atoms with Gasteiger partial charge in [-0.2, -0.15) is 0 Å². The van der Waals surface area contributed by atoms with E-state index in [1.54, 1.807) is 30.7 Å². The average molecular weight is 463 g/mol. The molecule has 5 nitrogen and oxygen atoms in total. The molecule has 0 aromatic heterocycles. The molecule has 1 N–H and O–H groups in total. The zero-order valence-electron chi connectivity index (χ0n) is 18.4. The molecule has 7 heteroatoms. The summed E-state index contributed by atoms with van der Waals surface area (Å²) in [5.74, 6) is 1.17. The number of rotatable bonds is 12. The van der Waals surface area contributed by atoms with Crippen molar-refractivity contribution >= 4 is 35.2 Å². The van der Waals surface area contributed by atoms with Crippen LogP contribution in [0.25, 0.3) is 0 Å². The van der Waals surface area contributed by atoms with Crippen LogP contribution in [0.2, 0.25) is 5.02 Å². The second-order valence-corrected chi connectivity index (χ2v) is 8.85. The van der Waals surface area contributed by atoms with Gasteiger partial charge in [-0.1, -0.05) is 37.1 Å². The molecule has 2 aromatic carbocycles. The first-order valence-corrected chi connectivity index (χ1v) is 11.9. The summed E-state index contributed by atoms with van der Waals surface area (Å²) in [6.07, 6.45) is 2.26. The molecule has 2 amide bonds. The molecule has 0 aliphatic carbocycles. The molecular weight excluding hydrogens is 432 g/mol. The van der Waals surface area contributed by atoms with Crippen molar-refractivity contribution in [2.45, 2.75) is 50.6 Å². The van der Waals surface area contributed by atoms with Gasteiger partial charge in [0.15, 0.2) is 0 Å². The van der Waals surface area contributed by atoms with Crippen LogP contribution in [0.4, 0.5) is 0 Å². The van der Waals surface area contributed by atoms with Gasteiger partial charge >= 0.3 is 0 Å². The van der Waals surface area contributed by atoms with Gasteiger partial charge in [-0.15, -0.1) is 11.8 Å². The van der Waals surface area contributed by atoms with Crippen LogP contribution in [0.15, 0.2) is 53.4 Å². The Balaban J connectivity index is 2.06. The molecule has 0 spiro atoms. The minimum absolute atomic E-state index is 0.0533. The normalized spacial score (nSPS) is 11.6. The number of methoxy groups -OCH3 is 1. The fourth-order valence-electron chi connectivity index (χ4n) is 3.02. The van der Waals surface area contributed by atoms with Gasteiger partial charge in [0.25, 0.3) is 0 Å². The van der Waals surface area contributed by atoms with E-state index < -0.39 is 6.04 Å². The minimum Gasteiger partial charge on any atom is -0.497 e. The van der Waals surface area contributed by atoms with Gasteiger partial charge in [0.05, 0.1) is 7.11 Å². The fraction of sp³-hybridized carbons (Fsp3) is 0.417. The van der Waals surface area contributed by atoms with Crippen molar-refractivity contribution in [1.29, 1.82) is 0 Å². The van der Waals surface area contributed by atoms with Crippen LogP contribution in [-0.4, -0.2) is 42.2 Å². The Kier molecular flexibility index (Phi) is 10.7. The number of nitrogens with one attached hydrogen (secondary N) is 1. The molecule has 0 fully saturated rings. The smallest absolute Gasteiger partial charge is 0.242 e. The van der Waals surface area contributed by atoms with E-state index in [1.165, 1.54) is 0 Å². The van der Waals surface area contributed by atoms with Crippen LogP contribution in [-0.2, 0) is 16.1 Å². The van der Waals surface area contributed by atoms with Crippen molar-refractivity contribution in [3.05, 3.63) is 59.1 Å². The first kappa shape index (κ1) is 25.1. The Morgan fingerprint density at radius 3 is 2.61 bits per heavy atom. The third-order valence-corrected chi connectivity index (χ3v) is 6.15. The van der Waals surface area contributed by atoms with E-state index in [9.17, 15) is 9.59 Å². The number of hydrogen-bond acceptors (Lipinski definition) is 4. The van der Waals surface area contributed by atoms with E-state index in [0.717, 1.165) is 29.1 Å². The summed E-state index contributed by atoms with van der Waals surface area (Å²) in [5, 5.41) is 3.63. The molecule has 2 rings (SSSR count). The second-order valence-electron chi connectivity index (χ2n) is 7.25. The standard InChI is InChI=1S/C24H31ClN2O3S/c1-4-5-14-26-24(29)18(2)27(17-19-7-6-8-21(16-19)30-3)23(28)13-15-31-22-11-9-20(25)10-12-22/h6-12,16,18H,4-5,13-15,17H2,1-3H3,(H,26,29). The molecule has 0 aliphatic heterocycles. The predicted molar refractivity (Wildman–Crippen MR) is 128 cm³/mol. The highest BCUT2D eigenvalue weighted by Gasteiger charge is 2.25. The van der Waals surface area contributed by atoms with E-state index in [2.05, 4.69) is 12.2 Å². The second kappa shape index (κ2) is 13.3. The van der Waals surface area contributed by atoms with Crippen LogP contribution in [0, 0.1) is 0 Å². The van der Waals surface area contributed by atoms with Gasteiger partial charge < -0.3 is 15.0 Å². The van der Waals surface area contributed by atoms with E-state index in [1.807, 2.05) is 48.5 Å². The number of unbranched alkanes of at least 4 members (excludes halogenated alkanes) is 1. The van der Waals surface area contributed by atoms with Gasteiger partial charge in [0, 0.05) is 35.2 Å².